The molecular formula is C15H16ClNOS. The molecule has 1 saturated carbocycles. The zero-order chi connectivity index (χ0) is 13.1. The van der Waals surface area contributed by atoms with Crippen molar-refractivity contribution in [2.75, 3.05) is 0 Å². The molecule has 1 heterocycles. The summed E-state index contributed by atoms with van der Waals surface area (Å²) in [6.07, 6.45) is 4.22. The summed E-state index contributed by atoms with van der Waals surface area (Å²) >= 11 is 7.43. The Morgan fingerprint density at radius 3 is 2.95 bits per heavy atom. The fourth-order valence-corrected chi connectivity index (χ4v) is 3.09. The van der Waals surface area contributed by atoms with Crippen LogP contribution < -0.4 is 0 Å². The summed E-state index contributed by atoms with van der Waals surface area (Å²) in [4.78, 5) is 4.51. The van der Waals surface area contributed by atoms with Crippen LogP contribution in [0.4, 0.5) is 0 Å². The predicted molar refractivity (Wildman–Crippen MR) is 79.5 cm³/mol. The quantitative estimate of drug-likeness (QED) is 0.751. The summed E-state index contributed by atoms with van der Waals surface area (Å²) in [5.74, 6) is 0.473. The molecule has 0 amide bonds. The highest BCUT2D eigenvalue weighted by molar-refractivity contribution is 7.13. The van der Waals surface area contributed by atoms with Gasteiger partial charge >= 0.3 is 0 Å². The van der Waals surface area contributed by atoms with Crippen LogP contribution in [0.1, 0.15) is 30.5 Å². The van der Waals surface area contributed by atoms with Crippen LogP contribution in [0.5, 0.6) is 0 Å². The first-order valence-corrected chi connectivity index (χ1v) is 7.98. The Hall–Kier alpha value is -0.900. The highest BCUT2D eigenvalue weighted by Crippen LogP contribution is 2.27. The fraction of sp³-hybridized carbons (Fsp3) is 0.400. The van der Waals surface area contributed by atoms with Crippen molar-refractivity contribution in [3.8, 4) is 10.6 Å². The molecule has 0 atom stereocenters. The first-order chi connectivity index (χ1) is 9.35. The average molecular weight is 294 g/mol. The van der Waals surface area contributed by atoms with Crippen molar-refractivity contribution in [2.45, 2.75) is 37.9 Å². The van der Waals surface area contributed by atoms with Gasteiger partial charge in [-0.05, 0) is 30.9 Å². The Balaban J connectivity index is 1.71. The minimum Gasteiger partial charge on any atom is -0.374 e. The van der Waals surface area contributed by atoms with Crippen molar-refractivity contribution in [1.82, 2.24) is 4.98 Å². The molecule has 2 nitrogen and oxygen atoms in total. The van der Waals surface area contributed by atoms with Crippen LogP contribution in [0.2, 0.25) is 0 Å². The van der Waals surface area contributed by atoms with Crippen LogP contribution in [0, 0.1) is 0 Å². The summed E-state index contributed by atoms with van der Waals surface area (Å²) in [7, 11) is 0. The molecule has 0 saturated heterocycles. The molecule has 0 radical (unpaired) electrons. The summed E-state index contributed by atoms with van der Waals surface area (Å²) in [5.41, 5.74) is 3.31. The third kappa shape index (κ3) is 3.16. The molecule has 0 aliphatic heterocycles. The minimum absolute atomic E-state index is 0.473. The van der Waals surface area contributed by atoms with E-state index in [9.17, 15) is 0 Å². The number of rotatable bonds is 5. The Bertz CT molecular complexity index is 551. The Labute approximate surface area is 122 Å². The van der Waals surface area contributed by atoms with Gasteiger partial charge in [-0.1, -0.05) is 18.2 Å². The van der Waals surface area contributed by atoms with Crippen molar-refractivity contribution in [3.63, 3.8) is 0 Å². The molecular weight excluding hydrogens is 278 g/mol. The molecule has 1 fully saturated rings. The summed E-state index contributed by atoms with van der Waals surface area (Å²) in [6, 6.07) is 8.42. The molecule has 1 aliphatic carbocycles. The van der Waals surface area contributed by atoms with E-state index in [1.807, 2.05) is 5.38 Å². The smallest absolute Gasteiger partial charge is 0.123 e. The maximum Gasteiger partial charge on any atom is 0.123 e. The molecule has 19 heavy (non-hydrogen) atoms. The highest BCUT2D eigenvalue weighted by atomic mass is 35.5. The SMILES string of the molecule is ClCc1csc(-c2cccc(COC3CCC3)c2)n1. The van der Waals surface area contributed by atoms with Gasteiger partial charge in [0.25, 0.3) is 0 Å². The number of halogens is 1. The number of nitrogens with zero attached hydrogens (tertiary/aromatic N) is 1. The lowest BCUT2D eigenvalue weighted by atomic mass is 9.96. The first-order valence-electron chi connectivity index (χ1n) is 6.56. The van der Waals surface area contributed by atoms with Crippen molar-refractivity contribution in [3.05, 3.63) is 40.9 Å². The second-order valence-corrected chi connectivity index (χ2v) is 5.97. The van der Waals surface area contributed by atoms with E-state index in [1.54, 1.807) is 11.3 Å². The van der Waals surface area contributed by atoms with E-state index in [0.29, 0.717) is 18.6 Å². The molecule has 1 aliphatic rings. The monoisotopic (exact) mass is 293 g/mol. The second kappa shape index (κ2) is 6.04. The highest BCUT2D eigenvalue weighted by Gasteiger charge is 2.17. The van der Waals surface area contributed by atoms with Gasteiger partial charge in [-0.2, -0.15) is 0 Å². The molecule has 0 spiro atoms. The van der Waals surface area contributed by atoms with Crippen LogP contribution in [-0.4, -0.2) is 11.1 Å². The topological polar surface area (TPSA) is 22.1 Å². The fourth-order valence-electron chi connectivity index (χ4n) is 2.05. The summed E-state index contributed by atoms with van der Waals surface area (Å²) in [6.45, 7) is 0.701. The third-order valence-electron chi connectivity index (χ3n) is 3.40. The number of benzene rings is 1. The summed E-state index contributed by atoms with van der Waals surface area (Å²) < 4.78 is 5.84. The van der Waals surface area contributed by atoms with E-state index < -0.39 is 0 Å². The molecule has 2 aromatic rings. The Morgan fingerprint density at radius 2 is 2.26 bits per heavy atom. The number of alkyl halides is 1. The van der Waals surface area contributed by atoms with Gasteiger partial charge in [0.2, 0.25) is 0 Å². The van der Waals surface area contributed by atoms with Crippen LogP contribution >= 0.6 is 22.9 Å². The van der Waals surface area contributed by atoms with Crippen LogP contribution in [0.25, 0.3) is 10.6 Å². The van der Waals surface area contributed by atoms with Crippen LogP contribution in [-0.2, 0) is 17.2 Å². The predicted octanol–water partition coefficient (Wildman–Crippen LogP) is 4.62. The number of aromatic nitrogens is 1. The number of hydrogen-bond acceptors (Lipinski definition) is 3. The van der Waals surface area contributed by atoms with E-state index >= 15 is 0 Å². The van der Waals surface area contributed by atoms with Gasteiger partial charge in [-0.15, -0.1) is 22.9 Å². The largest absolute Gasteiger partial charge is 0.374 e. The van der Waals surface area contributed by atoms with Gasteiger partial charge in [-0.25, -0.2) is 4.98 Å². The van der Waals surface area contributed by atoms with Crippen molar-refractivity contribution >= 4 is 22.9 Å². The van der Waals surface area contributed by atoms with E-state index in [4.69, 9.17) is 16.3 Å². The van der Waals surface area contributed by atoms with Crippen LogP contribution in [0.15, 0.2) is 29.6 Å². The number of hydrogen-bond donors (Lipinski definition) is 0. The molecule has 0 bridgehead atoms. The molecule has 1 aromatic carbocycles. The standard InChI is InChI=1S/C15H16ClNOS/c16-8-13-10-19-15(17-13)12-4-1-3-11(7-12)9-18-14-5-2-6-14/h1,3-4,7,10,14H,2,5-6,8-9H2. The maximum absolute atomic E-state index is 5.84. The van der Waals surface area contributed by atoms with Crippen molar-refractivity contribution in [1.29, 1.82) is 0 Å². The van der Waals surface area contributed by atoms with Crippen LogP contribution in [0.3, 0.4) is 0 Å². The van der Waals surface area contributed by atoms with E-state index in [2.05, 4.69) is 29.2 Å². The van der Waals surface area contributed by atoms with Crippen molar-refractivity contribution < 1.29 is 4.74 Å². The third-order valence-corrected chi connectivity index (χ3v) is 4.61. The molecule has 100 valence electrons. The van der Waals surface area contributed by atoms with Gasteiger partial charge < -0.3 is 4.74 Å². The normalized spacial score (nSPS) is 15.4. The molecule has 1 aromatic heterocycles. The van der Waals surface area contributed by atoms with Crippen molar-refractivity contribution in [2.24, 2.45) is 0 Å². The molecule has 0 N–H and O–H groups in total. The summed E-state index contributed by atoms with van der Waals surface area (Å²) in [5, 5.41) is 3.04. The number of thiazole rings is 1. The van der Waals surface area contributed by atoms with Gasteiger partial charge in [0.1, 0.15) is 5.01 Å². The molecule has 0 unspecified atom stereocenters. The lowest BCUT2D eigenvalue weighted by Gasteiger charge is -2.25. The molecule has 4 heteroatoms. The Kier molecular flexibility index (Phi) is 4.16. The van der Waals surface area contributed by atoms with Gasteiger partial charge in [0, 0.05) is 10.9 Å². The maximum atomic E-state index is 5.84. The zero-order valence-corrected chi connectivity index (χ0v) is 12.2. The average Bonchev–Trinajstić information content (AvgIpc) is 2.86. The lowest BCUT2D eigenvalue weighted by Crippen LogP contribution is -2.21. The first kappa shape index (κ1) is 13.1. The van der Waals surface area contributed by atoms with E-state index in [1.165, 1.54) is 24.8 Å². The van der Waals surface area contributed by atoms with E-state index in [0.717, 1.165) is 16.3 Å². The zero-order valence-electron chi connectivity index (χ0n) is 10.6. The number of ether oxygens (including phenoxy) is 1. The van der Waals surface area contributed by atoms with E-state index in [-0.39, 0.29) is 0 Å². The van der Waals surface area contributed by atoms with Gasteiger partial charge in [-0.3, -0.25) is 0 Å². The minimum atomic E-state index is 0.473. The van der Waals surface area contributed by atoms with Gasteiger partial charge in [0.05, 0.1) is 24.3 Å². The lowest BCUT2D eigenvalue weighted by molar-refractivity contribution is -0.00864. The second-order valence-electron chi connectivity index (χ2n) is 4.84. The molecule has 3 rings (SSSR count). The Morgan fingerprint density at radius 1 is 1.37 bits per heavy atom. The van der Waals surface area contributed by atoms with Gasteiger partial charge in [0.15, 0.2) is 0 Å².